The predicted octanol–water partition coefficient (Wildman–Crippen LogP) is 3.66. The third-order valence-electron chi connectivity index (χ3n) is 5.46. The van der Waals surface area contributed by atoms with Crippen LogP contribution in [0.2, 0.25) is 0 Å². The number of fused-ring (bicyclic) bond motifs is 2. The Labute approximate surface area is 158 Å². The van der Waals surface area contributed by atoms with E-state index in [1.165, 1.54) is 16.7 Å². The van der Waals surface area contributed by atoms with Gasteiger partial charge >= 0.3 is 0 Å². The highest BCUT2D eigenvalue weighted by atomic mass is 16.2. The summed E-state index contributed by atoms with van der Waals surface area (Å²) in [7, 11) is 0. The lowest BCUT2D eigenvalue weighted by Gasteiger charge is -2.29. The average molecular weight is 360 g/mol. The molecule has 0 atom stereocenters. The lowest BCUT2D eigenvalue weighted by Crippen LogP contribution is -2.36. The number of H-pyrrole nitrogens is 1. The molecule has 0 unspecified atom stereocenters. The van der Waals surface area contributed by atoms with Crippen LogP contribution in [0.25, 0.3) is 10.9 Å². The summed E-state index contributed by atoms with van der Waals surface area (Å²) < 4.78 is 0. The normalized spacial score (nSPS) is 13.6. The van der Waals surface area contributed by atoms with E-state index in [1.807, 2.05) is 30.0 Å². The first-order valence-electron chi connectivity index (χ1n) is 9.49. The zero-order chi connectivity index (χ0) is 19.0. The first kappa shape index (κ1) is 17.5. The molecule has 138 valence electrons. The molecule has 4 heteroatoms. The highest BCUT2D eigenvalue weighted by Gasteiger charge is 2.20. The second-order valence-electron chi connectivity index (χ2n) is 7.50. The van der Waals surface area contributed by atoms with Crippen molar-refractivity contribution in [2.24, 2.45) is 0 Å². The second-order valence-corrected chi connectivity index (χ2v) is 7.50. The minimum atomic E-state index is -0.0914. The third kappa shape index (κ3) is 3.52. The molecule has 27 heavy (non-hydrogen) atoms. The van der Waals surface area contributed by atoms with E-state index in [4.69, 9.17) is 0 Å². The second kappa shape index (κ2) is 7.03. The zero-order valence-electron chi connectivity index (χ0n) is 15.8. The molecule has 0 spiro atoms. The summed E-state index contributed by atoms with van der Waals surface area (Å²) >= 11 is 0. The van der Waals surface area contributed by atoms with Crippen molar-refractivity contribution in [1.82, 2.24) is 9.88 Å². The van der Waals surface area contributed by atoms with Crippen LogP contribution in [0.4, 0.5) is 0 Å². The van der Waals surface area contributed by atoms with Crippen LogP contribution in [0, 0.1) is 13.8 Å². The maximum Gasteiger partial charge on any atom is 0.251 e. The topological polar surface area (TPSA) is 53.2 Å². The fraction of sp³-hybridized carbons (Fsp3) is 0.304. The lowest BCUT2D eigenvalue weighted by molar-refractivity contribution is -0.132. The van der Waals surface area contributed by atoms with Crippen molar-refractivity contribution in [3.63, 3.8) is 0 Å². The summed E-state index contributed by atoms with van der Waals surface area (Å²) in [6.45, 7) is 5.47. The zero-order valence-corrected chi connectivity index (χ0v) is 15.8. The number of carbonyl (C=O) groups is 1. The number of rotatable bonds is 3. The Morgan fingerprint density at radius 2 is 1.89 bits per heavy atom. The molecule has 0 fully saturated rings. The highest BCUT2D eigenvalue weighted by Crippen LogP contribution is 2.21. The molecule has 0 aliphatic carbocycles. The van der Waals surface area contributed by atoms with Gasteiger partial charge in [-0.05, 0) is 60.9 Å². The van der Waals surface area contributed by atoms with E-state index < -0.39 is 0 Å². The van der Waals surface area contributed by atoms with Crippen LogP contribution >= 0.6 is 0 Å². The van der Waals surface area contributed by atoms with E-state index in [0.29, 0.717) is 24.9 Å². The van der Waals surface area contributed by atoms with Gasteiger partial charge in [0, 0.05) is 25.1 Å². The molecule has 1 aliphatic heterocycles. The van der Waals surface area contributed by atoms with Gasteiger partial charge in [0.2, 0.25) is 5.91 Å². The van der Waals surface area contributed by atoms with E-state index in [-0.39, 0.29) is 11.5 Å². The summed E-state index contributed by atoms with van der Waals surface area (Å²) in [5.74, 6) is 0.115. The van der Waals surface area contributed by atoms with Crippen molar-refractivity contribution in [2.45, 2.75) is 39.7 Å². The molecule has 0 radical (unpaired) electrons. The monoisotopic (exact) mass is 360 g/mol. The first-order chi connectivity index (χ1) is 13.0. The molecule has 4 nitrogen and oxygen atoms in total. The molecular formula is C23H24N2O2. The standard InChI is InChI=1S/C23H24N2O2/c1-15-11-16(2)22-20(12-15)13-18(23(27)24-22)7-8-21(26)25-10-9-17-5-3-4-6-19(17)14-25/h3-6,11-13H,7-10,14H2,1-2H3,(H,24,27). The molecule has 0 bridgehead atoms. The number of hydrogen-bond donors (Lipinski definition) is 1. The Morgan fingerprint density at radius 3 is 2.70 bits per heavy atom. The van der Waals surface area contributed by atoms with E-state index in [2.05, 4.69) is 36.2 Å². The molecule has 4 rings (SSSR count). The molecule has 2 aromatic carbocycles. The summed E-state index contributed by atoms with van der Waals surface area (Å²) in [4.78, 5) is 30.0. The quantitative estimate of drug-likeness (QED) is 0.775. The Morgan fingerprint density at radius 1 is 1.11 bits per heavy atom. The predicted molar refractivity (Wildman–Crippen MR) is 108 cm³/mol. The highest BCUT2D eigenvalue weighted by molar-refractivity contribution is 5.83. The van der Waals surface area contributed by atoms with Crippen LogP contribution in [0.1, 0.15) is 34.2 Å². The maximum absolute atomic E-state index is 12.7. The molecular weight excluding hydrogens is 336 g/mol. The number of aromatic amines is 1. The average Bonchev–Trinajstić information content (AvgIpc) is 2.66. The van der Waals surface area contributed by atoms with Crippen molar-refractivity contribution >= 4 is 16.8 Å². The largest absolute Gasteiger partial charge is 0.338 e. The van der Waals surface area contributed by atoms with Gasteiger partial charge < -0.3 is 9.88 Å². The van der Waals surface area contributed by atoms with Gasteiger partial charge in [-0.15, -0.1) is 0 Å². The third-order valence-corrected chi connectivity index (χ3v) is 5.46. The molecule has 1 amide bonds. The number of hydrogen-bond acceptors (Lipinski definition) is 2. The lowest BCUT2D eigenvalue weighted by atomic mass is 9.99. The van der Waals surface area contributed by atoms with Crippen molar-refractivity contribution in [3.05, 3.63) is 80.6 Å². The molecule has 1 aliphatic rings. The van der Waals surface area contributed by atoms with E-state index in [1.54, 1.807) is 0 Å². The molecule has 0 saturated carbocycles. The molecule has 0 saturated heterocycles. The number of amides is 1. The van der Waals surface area contributed by atoms with Gasteiger partial charge in [0.05, 0.1) is 5.52 Å². The van der Waals surface area contributed by atoms with Gasteiger partial charge in [-0.2, -0.15) is 0 Å². The number of nitrogens with zero attached hydrogens (tertiary/aromatic N) is 1. The van der Waals surface area contributed by atoms with Crippen LogP contribution in [0.5, 0.6) is 0 Å². The van der Waals surface area contributed by atoms with Crippen LogP contribution in [0.3, 0.4) is 0 Å². The van der Waals surface area contributed by atoms with Crippen molar-refractivity contribution in [3.8, 4) is 0 Å². The van der Waals surface area contributed by atoms with Gasteiger partial charge in [0.25, 0.3) is 5.56 Å². The number of aryl methyl sites for hydroxylation is 3. The minimum absolute atomic E-state index is 0.0914. The van der Waals surface area contributed by atoms with Crippen LogP contribution < -0.4 is 5.56 Å². The molecule has 1 N–H and O–H groups in total. The van der Waals surface area contributed by atoms with Crippen molar-refractivity contribution in [2.75, 3.05) is 6.54 Å². The van der Waals surface area contributed by atoms with Crippen molar-refractivity contribution < 1.29 is 4.79 Å². The Hall–Kier alpha value is -2.88. The molecule has 1 aromatic heterocycles. The fourth-order valence-electron chi connectivity index (χ4n) is 4.03. The summed E-state index contributed by atoms with van der Waals surface area (Å²) in [5, 5.41) is 1.03. The van der Waals surface area contributed by atoms with Crippen LogP contribution in [-0.2, 0) is 24.2 Å². The number of nitrogens with one attached hydrogen (secondary N) is 1. The number of pyridine rings is 1. The fourth-order valence-corrected chi connectivity index (χ4v) is 4.03. The van der Waals surface area contributed by atoms with E-state index in [9.17, 15) is 9.59 Å². The summed E-state index contributed by atoms with van der Waals surface area (Å²) in [6, 6.07) is 14.4. The van der Waals surface area contributed by atoms with Gasteiger partial charge in [-0.25, -0.2) is 0 Å². The number of aromatic nitrogens is 1. The van der Waals surface area contributed by atoms with Crippen LogP contribution in [-0.4, -0.2) is 22.3 Å². The smallest absolute Gasteiger partial charge is 0.251 e. The summed E-state index contributed by atoms with van der Waals surface area (Å²) in [6.07, 6.45) is 1.73. The van der Waals surface area contributed by atoms with Gasteiger partial charge in [0.1, 0.15) is 0 Å². The SMILES string of the molecule is Cc1cc(C)c2[nH]c(=O)c(CCC(=O)N3CCc4ccccc4C3)cc2c1. The summed E-state index contributed by atoms with van der Waals surface area (Å²) in [5.41, 5.74) is 6.26. The first-order valence-corrected chi connectivity index (χ1v) is 9.49. The van der Waals surface area contributed by atoms with E-state index >= 15 is 0 Å². The maximum atomic E-state index is 12.7. The number of carbonyl (C=O) groups excluding carboxylic acids is 1. The van der Waals surface area contributed by atoms with Crippen LogP contribution in [0.15, 0.2) is 47.3 Å². The minimum Gasteiger partial charge on any atom is -0.338 e. The Bertz CT molecular complexity index is 1080. The molecule has 2 heterocycles. The van der Waals surface area contributed by atoms with Gasteiger partial charge in [0.15, 0.2) is 0 Å². The Balaban J connectivity index is 1.49. The van der Waals surface area contributed by atoms with Gasteiger partial charge in [-0.1, -0.05) is 35.9 Å². The Kier molecular flexibility index (Phi) is 4.56. The van der Waals surface area contributed by atoms with Crippen molar-refractivity contribution in [1.29, 1.82) is 0 Å². The van der Waals surface area contributed by atoms with E-state index in [0.717, 1.165) is 29.4 Å². The van der Waals surface area contributed by atoms with Gasteiger partial charge in [-0.3, -0.25) is 9.59 Å². The number of benzene rings is 2. The molecule has 3 aromatic rings.